The highest BCUT2D eigenvalue weighted by Crippen LogP contribution is 2.73. The average Bonchev–Trinajstić information content (AvgIpc) is 1.42. The smallest absolute Gasteiger partial charge is 0.330 e. The van der Waals surface area contributed by atoms with Crippen LogP contribution in [0.4, 0.5) is 0 Å². The molecule has 131 heavy (non-hydrogen) atoms. The highest BCUT2D eigenvalue weighted by Gasteiger charge is 2.41. The first-order valence-electron chi connectivity index (χ1n) is 36.3. The molecule has 6 rings (SSSR count). The molecular formula is C52H78N16O51P12-12. The van der Waals surface area contributed by atoms with Gasteiger partial charge in [-0.1, -0.05) is 35.9 Å². The van der Waals surface area contributed by atoms with E-state index in [-0.39, 0.29) is 127 Å². The number of phosphoric acid groups is 12. The number of carbonyl (C=O) groups excluding carboxylic acids is 2. The van der Waals surface area contributed by atoms with E-state index in [0.29, 0.717) is 48.6 Å². The number of nitrogens with zero attached hydrogens (tertiary/aromatic N) is 12. The number of rotatable bonds is 58. The molecule has 2 aliphatic rings. The minimum Gasteiger partial charge on any atom is -0.756 e. The number of hydrogen-bond donors (Lipinski definition) is 6. The number of phosphoric ester groups is 4. The number of aliphatic hydroxyl groups excluding tert-OH is 2. The second-order valence-corrected chi connectivity index (χ2v) is 43.7. The van der Waals surface area contributed by atoms with Crippen LogP contribution in [0.25, 0.3) is 32.3 Å². The second-order valence-electron chi connectivity index (χ2n) is 25.4. The van der Waals surface area contributed by atoms with Crippen LogP contribution in [0.5, 0.6) is 5.75 Å². The van der Waals surface area contributed by atoms with Crippen molar-refractivity contribution >= 4 is 106 Å². The first-order valence-corrected chi connectivity index (χ1v) is 53.8. The Balaban J connectivity index is 0.000000534. The Labute approximate surface area is 735 Å². The third-order valence-corrected chi connectivity index (χ3v) is 33.0. The van der Waals surface area contributed by atoms with Crippen LogP contribution in [0.3, 0.4) is 0 Å². The Morgan fingerprint density at radius 3 is 1.14 bits per heavy atom. The predicted octanol–water partition coefficient (Wildman–Crippen LogP) is -3.12. The maximum atomic E-state index is 12.1. The number of unbranched alkanes of at least 4 members (excludes halogenated alkanes) is 6. The Kier molecular flexibility index (Phi) is 48.4. The summed E-state index contributed by atoms with van der Waals surface area (Å²) in [5.41, 5.74) is 12.8. The van der Waals surface area contributed by atoms with Gasteiger partial charge in [-0.05, 0) is 81.8 Å². The molecule has 2 saturated heterocycles. The maximum Gasteiger partial charge on any atom is 0.330 e. The normalized spacial score (nSPS) is 21.7. The molecule has 2 amide bonds. The first-order chi connectivity index (χ1) is 60.6. The number of azide groups is 2. The summed E-state index contributed by atoms with van der Waals surface area (Å²) in [4.78, 5) is 223. The summed E-state index contributed by atoms with van der Waals surface area (Å²) >= 11 is 0. The first kappa shape index (κ1) is 118. The van der Waals surface area contributed by atoms with Gasteiger partial charge in [-0.15, -0.1) is 20.4 Å². The molecule has 0 aliphatic carbocycles. The number of nitrogens with one attached hydrogen (secondary N) is 4. The minimum atomic E-state index is -6.95. The number of aromatic amines is 2. The zero-order valence-electron chi connectivity index (χ0n) is 67.5. The van der Waals surface area contributed by atoms with Gasteiger partial charge >= 0.3 is 11.4 Å². The number of aliphatic hydroxyl groups is 2. The standard InChI is InChI=1S/C30H47N7O26P6.C21H40N6O25P6.CH3N3/c1-20-18-37(30(41)32-29(20)40)27-17-24(38)25(58-27)19-57-65(44,45)60-67(48,49)62-69(52,53)63-68(50,51)61-66(46,47)59-64(42,43)56-13-6-4-3-5-12-31-26(39)11-14-54-15-16-55-23-9-7-22(8-10-23)28-35-33-21(2)34-36-28;1-15-13-27(21(31)25-20(15)30)19-12-16(28)17(47-19)14-46-54(34,35)49-56(38,39)51-58(42,43)52-57(40,41)50-55(36,37)48-53(32,33)45-9-5-3-2-4-7-23-18(29)6-10-44-11-8-24-26-22;1-3-4-2/h7-10,18,24-25,27,38H,3-6,11-17,19H2,1-2H3,(H,31,39)(H,42,43)(H,44,45)(H,46,47)(H,48,49)(H,50,51)(H,52,53)(H,32,40,41);13,16-17,19,28H,2-12,14H2,1H3,(H,23,29)(H,32,33)(H,34,35)(H,36,37)(H,38,39)(H,40,41)(H,42,43)(H,25,30,31);1H3/p-12/t24?,25-,27-;16?,17-,19-;/m11./s1. The van der Waals surface area contributed by atoms with Crippen molar-refractivity contribution in [3.8, 4) is 17.1 Å². The van der Waals surface area contributed by atoms with Gasteiger partial charge in [-0.25, -0.2) is 52.7 Å². The number of hydrogen-bond acceptors (Lipinski definition) is 57. The van der Waals surface area contributed by atoms with Crippen molar-refractivity contribution in [2.45, 2.75) is 135 Å². The molecule has 6 N–H and O–H groups in total. The van der Waals surface area contributed by atoms with Gasteiger partial charge in [0.25, 0.3) is 105 Å². The lowest BCUT2D eigenvalue weighted by Crippen LogP contribution is -2.33. The Morgan fingerprint density at radius 2 is 0.794 bits per heavy atom. The number of aryl methyl sites for hydroxylation is 3. The zero-order valence-corrected chi connectivity index (χ0v) is 78.3. The van der Waals surface area contributed by atoms with Crippen LogP contribution >= 0.6 is 93.9 Å². The summed E-state index contributed by atoms with van der Waals surface area (Å²) in [5, 5.41) is 47.4. The van der Waals surface area contributed by atoms with Crippen LogP contribution in [-0.4, -0.2) is 172 Å². The van der Waals surface area contributed by atoms with E-state index in [4.69, 9.17) is 34.7 Å². The highest BCUT2D eigenvalue weighted by molar-refractivity contribution is 7.72. The van der Waals surface area contributed by atoms with E-state index < -0.39 is 180 Å². The van der Waals surface area contributed by atoms with E-state index in [1.807, 2.05) is 9.97 Å². The van der Waals surface area contributed by atoms with Gasteiger partial charge in [0.1, 0.15) is 37.0 Å². The van der Waals surface area contributed by atoms with Gasteiger partial charge in [0, 0.05) is 91.3 Å². The van der Waals surface area contributed by atoms with Crippen LogP contribution < -0.4 is 96.6 Å². The highest BCUT2D eigenvalue weighted by atomic mass is 31.3. The van der Waals surface area contributed by atoms with E-state index in [2.05, 4.69) is 112 Å². The monoisotopic (exact) mass is 2110 g/mol. The molecule has 1 aromatic carbocycles. The molecule has 0 saturated carbocycles. The van der Waals surface area contributed by atoms with Crippen molar-refractivity contribution in [2.75, 3.05) is 86.1 Å². The minimum absolute atomic E-state index is 0.0383. The predicted molar refractivity (Wildman–Crippen MR) is 403 cm³/mol. The Morgan fingerprint density at radius 1 is 0.466 bits per heavy atom. The van der Waals surface area contributed by atoms with Crippen molar-refractivity contribution < 1.29 is 218 Å². The fourth-order valence-electron chi connectivity index (χ4n) is 9.58. The fourth-order valence-corrected chi connectivity index (χ4v) is 24.6. The average molecular weight is 2110 g/mol. The molecule has 3 aromatic heterocycles. The largest absolute Gasteiger partial charge is 0.756 e. The van der Waals surface area contributed by atoms with Crippen molar-refractivity contribution in [3.05, 3.63) is 116 Å². The zero-order chi connectivity index (χ0) is 98.7. The lowest BCUT2D eigenvalue weighted by molar-refractivity contribution is -0.264. The van der Waals surface area contributed by atoms with E-state index in [0.717, 1.165) is 21.5 Å². The molecule has 67 nitrogen and oxygen atoms in total. The molecular weight excluding hydrogens is 2040 g/mol. The number of carbonyl (C=O) groups is 2. The van der Waals surface area contributed by atoms with Crippen molar-refractivity contribution in [1.29, 1.82) is 0 Å². The van der Waals surface area contributed by atoms with E-state index in [9.17, 15) is 152 Å². The lowest BCUT2D eigenvalue weighted by atomic mass is 10.2. The summed E-state index contributed by atoms with van der Waals surface area (Å²) in [5.74, 6) is 0.728. The van der Waals surface area contributed by atoms with Gasteiger partial charge in [0.05, 0.1) is 65.1 Å². The number of ether oxygens (including phenoxy) is 5. The van der Waals surface area contributed by atoms with Crippen molar-refractivity contribution in [3.63, 3.8) is 0 Å². The number of aromatic nitrogens is 8. The van der Waals surface area contributed by atoms with Crippen molar-refractivity contribution in [1.82, 2.24) is 50.1 Å². The topological polar surface area (TPSA) is 1010 Å². The van der Waals surface area contributed by atoms with Gasteiger partial charge in [0.2, 0.25) is 17.6 Å². The molecule has 744 valence electrons. The van der Waals surface area contributed by atoms with Crippen LogP contribution in [-0.2, 0) is 145 Å². The van der Waals surface area contributed by atoms with Gasteiger partial charge in [-0.2, -0.15) is 0 Å². The maximum absolute atomic E-state index is 12.1. The quantitative estimate of drug-likeness (QED) is 0.00837. The van der Waals surface area contributed by atoms with Crippen molar-refractivity contribution in [2.24, 2.45) is 10.2 Å². The van der Waals surface area contributed by atoms with E-state index in [1.54, 1.807) is 31.2 Å². The summed E-state index contributed by atoms with van der Waals surface area (Å²) in [6, 6.07) is 6.91. The van der Waals surface area contributed by atoms with Gasteiger partial charge in [-0.3, -0.25) is 93.1 Å². The van der Waals surface area contributed by atoms with Crippen LogP contribution in [0, 0.1) is 20.8 Å². The number of benzene rings is 1. The van der Waals surface area contributed by atoms with E-state index >= 15 is 0 Å². The fraction of sp³-hybridized carbons (Fsp3) is 0.654. The SMILES string of the molecule is CN=[N+]=[N-].Cc1cn([C@H]2CC(O)[C@@H](COP(=O)([O-])OP(=O)([O-])OP(=O)([O-])OP(=O)([O-])OP(=O)([O-])OP(=O)([O-])OCCCCCCNC(=O)CCOCCN=[N+]=[N-])O2)c(=O)[nH]c1=O.Cc1nnc(-c2ccc(OCCOCCC(=O)NCCCCCCOP(=O)([O-])OP(=O)([O-])OP(=O)([O-])OP(=O)([O-])OP(=O)([O-])OP(=O)([O-])OC[C@H]3O[C@@H](n4cc(C)c(=O)[nH]c4=O)CC3O)cc2)nn1. The number of amides is 2. The molecule has 5 heterocycles. The molecule has 0 bridgehead atoms. The van der Waals surface area contributed by atoms with Crippen LogP contribution in [0.15, 0.2) is 66.1 Å². The number of H-pyrrole nitrogens is 2. The Bertz CT molecular complexity index is 5430. The van der Waals surface area contributed by atoms with Crippen LogP contribution in [0.2, 0.25) is 0 Å². The molecule has 14 unspecified atom stereocenters. The second kappa shape index (κ2) is 53.9. The molecule has 0 radical (unpaired) electrons. The lowest BCUT2D eigenvalue weighted by Gasteiger charge is -2.38. The molecule has 4 aromatic rings. The van der Waals surface area contributed by atoms with Gasteiger partial charge in [0.15, 0.2) is 5.82 Å². The molecule has 79 heteroatoms. The molecule has 0 spiro atoms. The Hall–Kier alpha value is -5.64. The summed E-state index contributed by atoms with van der Waals surface area (Å²) in [6.45, 7) is 1.74. The third kappa shape index (κ3) is 48.3. The summed E-state index contributed by atoms with van der Waals surface area (Å²) in [7, 11) is -77.5. The van der Waals surface area contributed by atoms with Gasteiger partial charge < -0.3 is 121 Å². The molecule has 2 fully saturated rings. The third-order valence-electron chi connectivity index (χ3n) is 15.0. The molecule has 2 aliphatic heterocycles. The van der Waals surface area contributed by atoms with E-state index in [1.165, 1.54) is 20.9 Å². The summed E-state index contributed by atoms with van der Waals surface area (Å²) < 4.78 is 222. The summed E-state index contributed by atoms with van der Waals surface area (Å²) in [6.07, 6.45) is -5.37. The van der Waals surface area contributed by atoms with Crippen LogP contribution in [0.1, 0.15) is 106 Å². The molecule has 18 atom stereocenters.